The summed E-state index contributed by atoms with van der Waals surface area (Å²) in [6.45, 7) is 1.87. The Morgan fingerprint density at radius 3 is 2.62 bits per heavy atom. The zero-order valence-corrected chi connectivity index (χ0v) is 14.4. The number of carbonyl (C=O) groups is 3. The van der Waals surface area contributed by atoms with Crippen molar-refractivity contribution in [2.75, 3.05) is 18.4 Å². The summed E-state index contributed by atoms with van der Waals surface area (Å²) in [7, 11) is 0. The predicted octanol–water partition coefficient (Wildman–Crippen LogP) is 0.624. The van der Waals surface area contributed by atoms with Crippen LogP contribution in [-0.2, 0) is 16.1 Å². The standard InChI is InChI=1S/C18H22N4O4/c23-16-4-3-15(17(24)21-16)22(26)10-11-9-13(1-2-14(11)18(22)25)20-12-5-7-19-8-6-12/h1-2,9,12,15,19-20H,3-8,10H2,(H,21,23,24). The van der Waals surface area contributed by atoms with Crippen LogP contribution in [0.2, 0.25) is 0 Å². The quantitative estimate of drug-likeness (QED) is 0.415. The molecule has 2 saturated heterocycles. The van der Waals surface area contributed by atoms with Crippen molar-refractivity contribution in [2.24, 2.45) is 0 Å². The monoisotopic (exact) mass is 358 g/mol. The number of carbonyl (C=O) groups excluding carboxylic acids is 3. The molecular formula is C18H22N4O4. The van der Waals surface area contributed by atoms with E-state index in [9.17, 15) is 19.6 Å². The molecule has 3 heterocycles. The molecule has 0 radical (unpaired) electrons. The highest BCUT2D eigenvalue weighted by Crippen LogP contribution is 2.35. The summed E-state index contributed by atoms with van der Waals surface area (Å²) in [4.78, 5) is 36.2. The first-order valence-corrected chi connectivity index (χ1v) is 9.05. The number of hydrogen-bond donors (Lipinski definition) is 3. The third-order valence-corrected chi connectivity index (χ3v) is 5.51. The van der Waals surface area contributed by atoms with E-state index >= 15 is 0 Å². The third-order valence-electron chi connectivity index (χ3n) is 5.51. The summed E-state index contributed by atoms with van der Waals surface area (Å²) in [5, 5.41) is 22.2. The van der Waals surface area contributed by atoms with Gasteiger partial charge in [0.15, 0.2) is 6.04 Å². The van der Waals surface area contributed by atoms with Crippen LogP contribution in [0.5, 0.6) is 0 Å². The van der Waals surface area contributed by atoms with E-state index in [1.807, 2.05) is 12.1 Å². The van der Waals surface area contributed by atoms with Crippen LogP contribution in [0, 0.1) is 5.21 Å². The normalized spacial score (nSPS) is 29.4. The van der Waals surface area contributed by atoms with Crippen molar-refractivity contribution < 1.29 is 19.0 Å². The lowest BCUT2D eigenvalue weighted by Gasteiger charge is -2.42. The lowest BCUT2D eigenvalue weighted by atomic mass is 10.0. The van der Waals surface area contributed by atoms with Crippen LogP contribution in [0.3, 0.4) is 0 Å². The van der Waals surface area contributed by atoms with Gasteiger partial charge in [0.2, 0.25) is 5.91 Å². The molecule has 4 rings (SSSR count). The van der Waals surface area contributed by atoms with Crippen molar-refractivity contribution in [2.45, 2.75) is 44.3 Å². The molecule has 0 bridgehead atoms. The molecule has 2 unspecified atom stereocenters. The average molecular weight is 358 g/mol. The molecule has 0 saturated carbocycles. The van der Waals surface area contributed by atoms with E-state index in [0.29, 0.717) is 17.2 Å². The van der Waals surface area contributed by atoms with Crippen LogP contribution in [0.25, 0.3) is 0 Å². The zero-order valence-electron chi connectivity index (χ0n) is 14.4. The Kier molecular flexibility index (Phi) is 4.26. The number of hydroxylamine groups is 3. The minimum atomic E-state index is -1.23. The van der Waals surface area contributed by atoms with Crippen molar-refractivity contribution in [1.82, 2.24) is 10.6 Å². The van der Waals surface area contributed by atoms with Crippen LogP contribution in [0.4, 0.5) is 5.69 Å². The first-order chi connectivity index (χ1) is 12.5. The van der Waals surface area contributed by atoms with Gasteiger partial charge in [0.1, 0.15) is 6.54 Å². The van der Waals surface area contributed by atoms with Crippen molar-refractivity contribution in [1.29, 1.82) is 0 Å². The minimum Gasteiger partial charge on any atom is -0.624 e. The molecule has 1 aromatic carbocycles. The molecule has 8 nitrogen and oxygen atoms in total. The van der Waals surface area contributed by atoms with Crippen LogP contribution in [-0.4, -0.2) is 47.5 Å². The van der Waals surface area contributed by atoms with Gasteiger partial charge >= 0.3 is 5.91 Å². The van der Waals surface area contributed by atoms with E-state index in [-0.39, 0.29) is 19.4 Å². The molecule has 0 spiro atoms. The second kappa shape index (κ2) is 6.46. The van der Waals surface area contributed by atoms with Gasteiger partial charge in [0, 0.05) is 30.1 Å². The van der Waals surface area contributed by atoms with E-state index in [2.05, 4.69) is 16.0 Å². The maximum absolute atomic E-state index is 13.3. The predicted molar refractivity (Wildman–Crippen MR) is 93.8 cm³/mol. The molecule has 0 aliphatic carbocycles. The summed E-state index contributed by atoms with van der Waals surface area (Å²) in [6, 6.07) is 4.64. The SMILES string of the molecule is O=C1CCC([N+]2([O-])Cc3cc(NC4CCNCC4)ccc3C2=O)C(=O)N1. The smallest absolute Gasteiger partial charge is 0.347 e. The Bertz CT molecular complexity index is 774. The van der Waals surface area contributed by atoms with E-state index in [1.165, 1.54) is 0 Å². The maximum atomic E-state index is 13.3. The lowest BCUT2D eigenvalue weighted by Crippen LogP contribution is -2.60. The van der Waals surface area contributed by atoms with Crippen LogP contribution < -0.4 is 16.0 Å². The molecule has 138 valence electrons. The van der Waals surface area contributed by atoms with Gasteiger partial charge in [-0.2, -0.15) is 0 Å². The highest BCUT2D eigenvalue weighted by molar-refractivity contribution is 6.02. The number of nitrogens with one attached hydrogen (secondary N) is 3. The van der Waals surface area contributed by atoms with Crippen LogP contribution >= 0.6 is 0 Å². The number of nitrogens with zero attached hydrogens (tertiary/aromatic N) is 1. The molecule has 3 amide bonds. The Morgan fingerprint density at radius 1 is 1.12 bits per heavy atom. The number of anilines is 1. The van der Waals surface area contributed by atoms with Crippen molar-refractivity contribution in [3.63, 3.8) is 0 Å². The number of rotatable bonds is 3. The summed E-state index contributed by atoms with van der Waals surface area (Å²) in [6.07, 6.45) is 2.24. The van der Waals surface area contributed by atoms with Crippen molar-refractivity contribution in [3.8, 4) is 0 Å². The number of amides is 3. The van der Waals surface area contributed by atoms with E-state index in [4.69, 9.17) is 0 Å². The van der Waals surface area contributed by atoms with Gasteiger partial charge in [-0.15, -0.1) is 0 Å². The van der Waals surface area contributed by atoms with Gasteiger partial charge in [-0.05, 0) is 44.1 Å². The molecule has 2 atom stereocenters. The summed E-state index contributed by atoms with van der Waals surface area (Å²) in [5.41, 5.74) is 1.93. The molecule has 3 N–H and O–H groups in total. The van der Waals surface area contributed by atoms with Gasteiger partial charge in [-0.25, -0.2) is 4.79 Å². The van der Waals surface area contributed by atoms with E-state index in [1.54, 1.807) is 6.07 Å². The molecule has 2 fully saturated rings. The molecule has 0 aromatic heterocycles. The third kappa shape index (κ3) is 2.90. The van der Waals surface area contributed by atoms with Crippen molar-refractivity contribution >= 4 is 23.4 Å². The van der Waals surface area contributed by atoms with Crippen LogP contribution in [0.15, 0.2) is 18.2 Å². The van der Waals surface area contributed by atoms with E-state index < -0.39 is 28.4 Å². The summed E-state index contributed by atoms with van der Waals surface area (Å²) in [5.74, 6) is -1.64. The highest BCUT2D eigenvalue weighted by Gasteiger charge is 2.49. The minimum absolute atomic E-state index is 0.0673. The summed E-state index contributed by atoms with van der Waals surface area (Å²) >= 11 is 0. The second-order valence-corrected chi connectivity index (χ2v) is 7.27. The van der Waals surface area contributed by atoms with Gasteiger partial charge in [0.05, 0.1) is 5.56 Å². The number of imide groups is 1. The molecule has 3 aliphatic heterocycles. The zero-order chi connectivity index (χ0) is 18.3. The topological polar surface area (TPSA) is 110 Å². The van der Waals surface area contributed by atoms with Crippen molar-refractivity contribution in [3.05, 3.63) is 34.5 Å². The lowest BCUT2D eigenvalue weighted by molar-refractivity contribution is -0.825. The number of benzene rings is 1. The van der Waals surface area contributed by atoms with Gasteiger partial charge in [0.25, 0.3) is 5.91 Å². The Labute approximate surface area is 151 Å². The Balaban J connectivity index is 1.54. The Hall–Kier alpha value is -2.29. The molecule has 26 heavy (non-hydrogen) atoms. The van der Waals surface area contributed by atoms with Gasteiger partial charge in [-0.3, -0.25) is 19.6 Å². The number of hydrogen-bond acceptors (Lipinski definition) is 6. The fourth-order valence-corrected chi connectivity index (χ4v) is 4.09. The fraction of sp³-hybridized carbons (Fsp3) is 0.500. The molecule has 3 aliphatic rings. The first-order valence-electron chi connectivity index (χ1n) is 9.05. The molecular weight excluding hydrogens is 336 g/mol. The van der Waals surface area contributed by atoms with Crippen LogP contribution in [0.1, 0.15) is 41.6 Å². The van der Waals surface area contributed by atoms with Gasteiger partial charge < -0.3 is 15.8 Å². The van der Waals surface area contributed by atoms with E-state index in [0.717, 1.165) is 31.6 Å². The second-order valence-electron chi connectivity index (χ2n) is 7.27. The summed E-state index contributed by atoms with van der Waals surface area (Å²) < 4.78 is -1.23. The molecule has 8 heteroatoms. The Morgan fingerprint density at radius 2 is 1.88 bits per heavy atom. The number of quaternary nitrogens is 1. The largest absolute Gasteiger partial charge is 0.624 e. The maximum Gasteiger partial charge on any atom is 0.347 e. The molecule has 1 aromatic rings. The average Bonchev–Trinajstić information content (AvgIpc) is 2.87. The fourth-order valence-electron chi connectivity index (χ4n) is 4.09. The number of piperidine rings is 2. The van der Waals surface area contributed by atoms with Gasteiger partial charge in [-0.1, -0.05) is 0 Å². The highest BCUT2D eigenvalue weighted by atomic mass is 16.6. The first kappa shape index (κ1) is 17.1. The number of fused-ring (bicyclic) bond motifs is 1.